The summed E-state index contributed by atoms with van der Waals surface area (Å²) >= 11 is 0. The van der Waals surface area contributed by atoms with Crippen molar-refractivity contribution in [2.75, 3.05) is 0 Å². The highest BCUT2D eigenvalue weighted by Gasteiger charge is 2.31. The predicted octanol–water partition coefficient (Wildman–Crippen LogP) is 1.76. The molecule has 1 saturated heterocycles. The smallest absolute Gasteiger partial charge is 0.224 e. The molecule has 0 aliphatic carbocycles. The van der Waals surface area contributed by atoms with E-state index in [4.69, 9.17) is 0 Å². The van der Waals surface area contributed by atoms with E-state index in [0.717, 1.165) is 12.0 Å². The molecule has 16 heavy (non-hydrogen) atoms. The molecular formula is C13H17NO2. The molecule has 2 rings (SSSR count). The van der Waals surface area contributed by atoms with Crippen molar-refractivity contribution in [3.63, 3.8) is 0 Å². The van der Waals surface area contributed by atoms with Crippen molar-refractivity contribution in [2.45, 2.75) is 32.5 Å². The molecule has 1 N–H and O–H groups in total. The number of hydrogen-bond donors (Lipinski definition) is 1. The number of benzene rings is 1. The molecule has 0 spiro atoms. The second kappa shape index (κ2) is 4.66. The van der Waals surface area contributed by atoms with Crippen LogP contribution in [0.1, 0.15) is 25.3 Å². The first-order valence-corrected chi connectivity index (χ1v) is 5.70. The maximum atomic E-state index is 11.7. The lowest BCUT2D eigenvalue weighted by molar-refractivity contribution is -0.153. The van der Waals surface area contributed by atoms with Gasteiger partial charge in [0.1, 0.15) is 6.23 Å². The fourth-order valence-electron chi connectivity index (χ4n) is 2.06. The van der Waals surface area contributed by atoms with Crippen LogP contribution >= 0.6 is 0 Å². The van der Waals surface area contributed by atoms with E-state index in [1.165, 1.54) is 0 Å². The number of carbonyl (C=O) groups excluding carboxylic acids is 1. The van der Waals surface area contributed by atoms with Gasteiger partial charge in [-0.05, 0) is 12.0 Å². The average molecular weight is 219 g/mol. The number of hydrogen-bond acceptors (Lipinski definition) is 2. The molecule has 1 amide bonds. The second-order valence-corrected chi connectivity index (χ2v) is 4.44. The van der Waals surface area contributed by atoms with Crippen LogP contribution in [-0.2, 0) is 11.3 Å². The first kappa shape index (κ1) is 11.1. The van der Waals surface area contributed by atoms with Crippen molar-refractivity contribution in [3.8, 4) is 0 Å². The summed E-state index contributed by atoms with van der Waals surface area (Å²) in [5.74, 6) is 0.218. The van der Waals surface area contributed by atoms with Crippen molar-refractivity contribution in [1.29, 1.82) is 0 Å². The van der Waals surface area contributed by atoms with E-state index in [1.54, 1.807) is 4.90 Å². The Balaban J connectivity index is 2.10. The molecule has 86 valence electrons. The third kappa shape index (κ3) is 2.25. The summed E-state index contributed by atoms with van der Waals surface area (Å²) in [5, 5.41) is 9.97. The van der Waals surface area contributed by atoms with Crippen LogP contribution in [0.3, 0.4) is 0 Å². The Labute approximate surface area is 95.7 Å². The number of carbonyl (C=O) groups is 1. The van der Waals surface area contributed by atoms with Crippen LogP contribution in [-0.4, -0.2) is 22.1 Å². The minimum atomic E-state index is -0.638. The van der Waals surface area contributed by atoms with Crippen LogP contribution in [0.4, 0.5) is 0 Å². The summed E-state index contributed by atoms with van der Waals surface area (Å²) in [6, 6.07) is 9.78. The summed E-state index contributed by atoms with van der Waals surface area (Å²) in [6.07, 6.45) is 0.692. The molecule has 1 aliphatic rings. The van der Waals surface area contributed by atoms with Crippen LogP contribution in [0.2, 0.25) is 0 Å². The van der Waals surface area contributed by atoms with Crippen LogP contribution in [0, 0.1) is 5.92 Å². The van der Waals surface area contributed by atoms with Gasteiger partial charge in [0.05, 0.1) is 0 Å². The molecule has 3 nitrogen and oxygen atoms in total. The molecule has 1 aromatic carbocycles. The first-order valence-electron chi connectivity index (χ1n) is 5.70. The zero-order valence-electron chi connectivity index (χ0n) is 9.47. The highest BCUT2D eigenvalue weighted by atomic mass is 16.3. The van der Waals surface area contributed by atoms with Gasteiger partial charge in [-0.15, -0.1) is 0 Å². The Morgan fingerprint density at radius 2 is 2.06 bits per heavy atom. The van der Waals surface area contributed by atoms with Crippen molar-refractivity contribution >= 4 is 5.91 Å². The minimum absolute atomic E-state index is 0.0504. The number of aliphatic hydroxyl groups excluding tert-OH is 1. The van der Waals surface area contributed by atoms with Gasteiger partial charge in [-0.1, -0.05) is 37.3 Å². The Hall–Kier alpha value is -1.35. The molecule has 2 atom stereocenters. The molecule has 1 fully saturated rings. The SMILES string of the molecule is CC1CCC(=O)N(Cc2ccccc2)C1O. The van der Waals surface area contributed by atoms with Crippen LogP contribution < -0.4 is 0 Å². The number of rotatable bonds is 2. The lowest BCUT2D eigenvalue weighted by Gasteiger charge is -2.36. The summed E-state index contributed by atoms with van der Waals surface area (Å²) in [7, 11) is 0. The molecule has 1 aromatic rings. The highest BCUT2D eigenvalue weighted by Crippen LogP contribution is 2.24. The van der Waals surface area contributed by atoms with Gasteiger partial charge in [0.15, 0.2) is 0 Å². The standard InChI is InChI=1S/C13H17NO2/c1-10-7-8-12(15)14(13(10)16)9-11-5-3-2-4-6-11/h2-6,10,13,16H,7-9H2,1H3. The number of likely N-dealkylation sites (tertiary alicyclic amines) is 1. The predicted molar refractivity (Wildman–Crippen MR) is 61.4 cm³/mol. The summed E-state index contributed by atoms with van der Waals surface area (Å²) < 4.78 is 0. The fourth-order valence-corrected chi connectivity index (χ4v) is 2.06. The Morgan fingerprint density at radius 3 is 2.75 bits per heavy atom. The fraction of sp³-hybridized carbons (Fsp3) is 0.462. The third-order valence-electron chi connectivity index (χ3n) is 3.16. The first-order chi connectivity index (χ1) is 7.68. The van der Waals surface area contributed by atoms with E-state index in [2.05, 4.69) is 0 Å². The molecule has 0 aromatic heterocycles. The summed E-state index contributed by atoms with van der Waals surface area (Å²) in [6.45, 7) is 2.49. The highest BCUT2D eigenvalue weighted by molar-refractivity contribution is 5.77. The van der Waals surface area contributed by atoms with E-state index in [9.17, 15) is 9.90 Å². The monoisotopic (exact) mass is 219 g/mol. The molecule has 0 saturated carbocycles. The van der Waals surface area contributed by atoms with Gasteiger partial charge < -0.3 is 10.0 Å². The quantitative estimate of drug-likeness (QED) is 0.823. The second-order valence-electron chi connectivity index (χ2n) is 4.44. The van der Waals surface area contributed by atoms with Crippen LogP contribution in [0.25, 0.3) is 0 Å². The van der Waals surface area contributed by atoms with Gasteiger partial charge in [-0.25, -0.2) is 0 Å². The maximum Gasteiger partial charge on any atom is 0.224 e. The number of amides is 1. The Bertz CT molecular complexity index is 363. The zero-order valence-corrected chi connectivity index (χ0v) is 9.47. The minimum Gasteiger partial charge on any atom is -0.373 e. The van der Waals surface area contributed by atoms with E-state index >= 15 is 0 Å². The number of aliphatic hydroxyl groups is 1. The Morgan fingerprint density at radius 1 is 1.38 bits per heavy atom. The molecule has 0 bridgehead atoms. The van der Waals surface area contributed by atoms with E-state index in [-0.39, 0.29) is 11.8 Å². The van der Waals surface area contributed by atoms with Gasteiger partial charge in [0.25, 0.3) is 0 Å². The third-order valence-corrected chi connectivity index (χ3v) is 3.16. The summed E-state index contributed by atoms with van der Waals surface area (Å²) in [5.41, 5.74) is 1.06. The number of piperidine rings is 1. The zero-order chi connectivity index (χ0) is 11.5. The average Bonchev–Trinajstić information content (AvgIpc) is 2.31. The van der Waals surface area contributed by atoms with Gasteiger partial charge in [0.2, 0.25) is 5.91 Å². The topological polar surface area (TPSA) is 40.5 Å². The van der Waals surface area contributed by atoms with Gasteiger partial charge in [-0.2, -0.15) is 0 Å². The van der Waals surface area contributed by atoms with Crippen molar-refractivity contribution < 1.29 is 9.90 Å². The van der Waals surface area contributed by atoms with Crippen molar-refractivity contribution in [3.05, 3.63) is 35.9 Å². The van der Waals surface area contributed by atoms with E-state index in [0.29, 0.717) is 13.0 Å². The van der Waals surface area contributed by atoms with Crippen molar-refractivity contribution in [2.24, 2.45) is 5.92 Å². The van der Waals surface area contributed by atoms with E-state index < -0.39 is 6.23 Å². The maximum absolute atomic E-state index is 11.7. The molecule has 3 heteroatoms. The normalized spacial score (nSPS) is 25.9. The lowest BCUT2D eigenvalue weighted by Crippen LogP contribution is -2.47. The molecule has 2 unspecified atom stereocenters. The van der Waals surface area contributed by atoms with E-state index in [1.807, 2.05) is 37.3 Å². The lowest BCUT2D eigenvalue weighted by atomic mass is 9.97. The molecule has 0 radical (unpaired) electrons. The molecule has 1 aliphatic heterocycles. The van der Waals surface area contributed by atoms with Gasteiger partial charge >= 0.3 is 0 Å². The summed E-state index contributed by atoms with van der Waals surface area (Å²) in [4.78, 5) is 13.3. The van der Waals surface area contributed by atoms with Crippen LogP contribution in [0.15, 0.2) is 30.3 Å². The number of nitrogens with zero attached hydrogens (tertiary/aromatic N) is 1. The molecule has 1 heterocycles. The largest absolute Gasteiger partial charge is 0.373 e. The Kier molecular flexibility index (Phi) is 3.25. The molecular weight excluding hydrogens is 202 g/mol. The van der Waals surface area contributed by atoms with Crippen molar-refractivity contribution in [1.82, 2.24) is 4.90 Å². The van der Waals surface area contributed by atoms with Crippen LogP contribution in [0.5, 0.6) is 0 Å². The van der Waals surface area contributed by atoms with Gasteiger partial charge in [-0.3, -0.25) is 4.79 Å². The van der Waals surface area contributed by atoms with Gasteiger partial charge in [0, 0.05) is 18.9 Å².